The third-order valence-electron chi connectivity index (χ3n) is 2.93. The zero-order valence-electron chi connectivity index (χ0n) is 10.3. The summed E-state index contributed by atoms with van der Waals surface area (Å²) in [5.74, 6) is 0.599. The minimum Gasteiger partial charge on any atom is -0.213 e. The minimum atomic E-state index is -2.92. The van der Waals surface area contributed by atoms with Crippen LogP contribution in [-0.4, -0.2) is 32.1 Å². The second-order valence-electron chi connectivity index (χ2n) is 5.90. The molecule has 90 valence electrons. The number of sulfonamides is 1. The quantitative estimate of drug-likeness (QED) is 0.745. The Balaban J connectivity index is 2.14. The smallest absolute Gasteiger partial charge is 0.211 e. The van der Waals surface area contributed by atoms with Crippen molar-refractivity contribution >= 4 is 10.0 Å². The molecule has 0 aromatic rings. The van der Waals surface area contributed by atoms with Crippen LogP contribution in [0.5, 0.6) is 0 Å². The average molecular weight is 233 g/mol. The Morgan fingerprint density at radius 3 is 2.20 bits per heavy atom. The van der Waals surface area contributed by atoms with Crippen LogP contribution in [0.3, 0.4) is 0 Å². The van der Waals surface area contributed by atoms with E-state index >= 15 is 0 Å². The van der Waals surface area contributed by atoms with Gasteiger partial charge in [-0.05, 0) is 24.2 Å². The van der Waals surface area contributed by atoms with Crippen LogP contribution in [0.15, 0.2) is 0 Å². The summed E-state index contributed by atoms with van der Waals surface area (Å²) in [5, 5.41) is 0. The van der Waals surface area contributed by atoms with Gasteiger partial charge in [0.15, 0.2) is 0 Å². The van der Waals surface area contributed by atoms with Gasteiger partial charge in [0.1, 0.15) is 0 Å². The summed E-state index contributed by atoms with van der Waals surface area (Å²) in [5.41, 5.74) is 0.403. The Morgan fingerprint density at radius 2 is 1.80 bits per heavy atom. The van der Waals surface area contributed by atoms with Crippen molar-refractivity contribution in [1.29, 1.82) is 0 Å². The largest absolute Gasteiger partial charge is 0.213 e. The van der Waals surface area contributed by atoms with E-state index in [0.717, 1.165) is 13.1 Å². The van der Waals surface area contributed by atoms with E-state index in [1.807, 2.05) is 0 Å². The van der Waals surface area contributed by atoms with Crippen molar-refractivity contribution in [3.05, 3.63) is 0 Å². The van der Waals surface area contributed by atoms with Gasteiger partial charge in [0.05, 0.1) is 6.26 Å². The summed E-state index contributed by atoms with van der Waals surface area (Å²) in [6.07, 6.45) is 4.90. The molecule has 1 aliphatic heterocycles. The third-order valence-corrected chi connectivity index (χ3v) is 4.17. The maximum Gasteiger partial charge on any atom is 0.211 e. The molecule has 1 rings (SSSR count). The molecule has 0 unspecified atom stereocenters. The van der Waals surface area contributed by atoms with E-state index in [2.05, 4.69) is 20.8 Å². The molecule has 4 heteroatoms. The highest BCUT2D eigenvalue weighted by atomic mass is 32.2. The molecular formula is C11H23NO2S. The monoisotopic (exact) mass is 233 g/mol. The summed E-state index contributed by atoms with van der Waals surface area (Å²) in [6, 6.07) is 0. The van der Waals surface area contributed by atoms with Crippen LogP contribution in [0.1, 0.15) is 40.0 Å². The van der Waals surface area contributed by atoms with Gasteiger partial charge in [-0.3, -0.25) is 0 Å². The van der Waals surface area contributed by atoms with Gasteiger partial charge in [0.2, 0.25) is 10.0 Å². The summed E-state index contributed by atoms with van der Waals surface area (Å²) >= 11 is 0. The highest BCUT2D eigenvalue weighted by Crippen LogP contribution is 2.27. The summed E-state index contributed by atoms with van der Waals surface area (Å²) in [6.45, 7) is 8.22. The van der Waals surface area contributed by atoms with Crippen LogP contribution in [0.4, 0.5) is 0 Å². The molecule has 0 saturated carbocycles. The van der Waals surface area contributed by atoms with Crippen LogP contribution in [0.25, 0.3) is 0 Å². The predicted octanol–water partition coefficient (Wildman–Crippen LogP) is 2.09. The van der Waals surface area contributed by atoms with Crippen molar-refractivity contribution in [2.45, 2.75) is 40.0 Å². The molecule has 0 aromatic carbocycles. The molecule has 1 fully saturated rings. The van der Waals surface area contributed by atoms with Gasteiger partial charge in [-0.25, -0.2) is 12.7 Å². The van der Waals surface area contributed by atoms with Gasteiger partial charge in [-0.2, -0.15) is 0 Å². The number of hydrogen-bond acceptors (Lipinski definition) is 2. The first kappa shape index (κ1) is 13.0. The maximum atomic E-state index is 11.1. The second kappa shape index (κ2) is 4.42. The van der Waals surface area contributed by atoms with E-state index in [0.29, 0.717) is 11.3 Å². The maximum absolute atomic E-state index is 11.1. The lowest BCUT2D eigenvalue weighted by Gasteiger charge is -2.37. The van der Waals surface area contributed by atoms with Crippen LogP contribution < -0.4 is 0 Å². The van der Waals surface area contributed by atoms with E-state index in [4.69, 9.17) is 0 Å². The topological polar surface area (TPSA) is 37.4 Å². The van der Waals surface area contributed by atoms with Crippen LogP contribution >= 0.6 is 0 Å². The van der Waals surface area contributed by atoms with Crippen molar-refractivity contribution in [2.75, 3.05) is 19.3 Å². The first-order valence-electron chi connectivity index (χ1n) is 5.63. The Bertz CT molecular complexity index is 297. The number of nitrogens with zero attached hydrogens (tertiary/aromatic N) is 1. The molecule has 1 heterocycles. The standard InChI is InChI=1S/C11H23NO2S/c1-11(2,3)7-5-6-10-8-12(9-10)15(4,13)14/h10H,5-9H2,1-4H3. The third kappa shape index (κ3) is 4.51. The molecule has 15 heavy (non-hydrogen) atoms. The number of rotatable bonds is 4. The summed E-state index contributed by atoms with van der Waals surface area (Å²) in [7, 11) is -2.92. The fraction of sp³-hybridized carbons (Fsp3) is 1.00. The lowest BCUT2D eigenvalue weighted by Crippen LogP contribution is -2.49. The normalized spacial score (nSPS) is 20.3. The van der Waals surface area contributed by atoms with Gasteiger partial charge in [-0.1, -0.05) is 27.2 Å². The van der Waals surface area contributed by atoms with Gasteiger partial charge in [0.25, 0.3) is 0 Å². The van der Waals surface area contributed by atoms with Gasteiger partial charge < -0.3 is 0 Å². The molecule has 0 bridgehead atoms. The van der Waals surface area contributed by atoms with Crippen molar-refractivity contribution < 1.29 is 8.42 Å². The molecular weight excluding hydrogens is 210 g/mol. The Labute approximate surface area is 93.9 Å². The van der Waals surface area contributed by atoms with Gasteiger partial charge in [0, 0.05) is 13.1 Å². The summed E-state index contributed by atoms with van der Waals surface area (Å²) < 4.78 is 23.8. The molecule has 1 aliphatic rings. The Kier molecular flexibility index (Phi) is 3.82. The van der Waals surface area contributed by atoms with E-state index in [-0.39, 0.29) is 0 Å². The molecule has 1 saturated heterocycles. The van der Waals surface area contributed by atoms with E-state index < -0.39 is 10.0 Å². The predicted molar refractivity (Wildman–Crippen MR) is 63.2 cm³/mol. The van der Waals surface area contributed by atoms with Crippen molar-refractivity contribution in [2.24, 2.45) is 11.3 Å². The SMILES string of the molecule is CC(C)(C)CCCC1CN(S(C)(=O)=O)C1. The zero-order valence-corrected chi connectivity index (χ0v) is 11.1. The molecule has 0 radical (unpaired) electrons. The van der Waals surface area contributed by atoms with Crippen LogP contribution in [0, 0.1) is 11.3 Å². The van der Waals surface area contributed by atoms with Crippen molar-refractivity contribution in [3.8, 4) is 0 Å². The fourth-order valence-corrected chi connectivity index (χ4v) is 2.86. The summed E-state index contributed by atoms with van der Waals surface area (Å²) in [4.78, 5) is 0. The lowest BCUT2D eigenvalue weighted by atomic mass is 9.86. The fourth-order valence-electron chi connectivity index (χ4n) is 1.90. The molecule has 0 atom stereocenters. The minimum absolute atomic E-state index is 0.403. The van der Waals surface area contributed by atoms with E-state index in [1.165, 1.54) is 25.5 Å². The molecule has 0 amide bonds. The average Bonchev–Trinajstić information content (AvgIpc) is 1.88. The van der Waals surface area contributed by atoms with Gasteiger partial charge in [-0.15, -0.1) is 0 Å². The molecule has 0 aliphatic carbocycles. The van der Waals surface area contributed by atoms with E-state index in [1.54, 1.807) is 4.31 Å². The molecule has 0 N–H and O–H groups in total. The van der Waals surface area contributed by atoms with Crippen molar-refractivity contribution in [3.63, 3.8) is 0 Å². The molecule has 3 nitrogen and oxygen atoms in total. The highest BCUT2D eigenvalue weighted by molar-refractivity contribution is 7.88. The highest BCUT2D eigenvalue weighted by Gasteiger charge is 2.32. The van der Waals surface area contributed by atoms with E-state index in [9.17, 15) is 8.42 Å². The zero-order chi connectivity index (χ0) is 11.7. The molecule has 0 spiro atoms. The first-order valence-corrected chi connectivity index (χ1v) is 7.48. The van der Waals surface area contributed by atoms with Crippen LogP contribution in [-0.2, 0) is 10.0 Å². The van der Waals surface area contributed by atoms with Crippen LogP contribution in [0.2, 0.25) is 0 Å². The Hall–Kier alpha value is -0.0900. The molecule has 0 aromatic heterocycles. The van der Waals surface area contributed by atoms with Gasteiger partial charge >= 0.3 is 0 Å². The first-order chi connectivity index (χ1) is 6.68. The Morgan fingerprint density at radius 1 is 1.27 bits per heavy atom. The second-order valence-corrected chi connectivity index (χ2v) is 7.88. The lowest BCUT2D eigenvalue weighted by molar-refractivity contribution is 0.181. The number of hydrogen-bond donors (Lipinski definition) is 0. The van der Waals surface area contributed by atoms with Crippen molar-refractivity contribution in [1.82, 2.24) is 4.31 Å².